The van der Waals surface area contributed by atoms with E-state index in [9.17, 15) is 5.11 Å². The van der Waals surface area contributed by atoms with Crippen LogP contribution < -0.4 is 5.32 Å². The monoisotopic (exact) mass is 153 g/mol. The van der Waals surface area contributed by atoms with Gasteiger partial charge in [-0.15, -0.1) is 5.92 Å². The molecule has 0 aromatic carbocycles. The number of rotatable bonds is 4. The van der Waals surface area contributed by atoms with Crippen LogP contribution in [-0.2, 0) is 0 Å². The van der Waals surface area contributed by atoms with E-state index in [-0.39, 0.29) is 6.10 Å². The quantitative estimate of drug-likeness (QED) is 0.452. The van der Waals surface area contributed by atoms with Crippen LogP contribution in [0.1, 0.15) is 19.8 Å². The van der Waals surface area contributed by atoms with Gasteiger partial charge in [0, 0.05) is 6.54 Å². The van der Waals surface area contributed by atoms with Gasteiger partial charge in [-0.3, -0.25) is 0 Å². The molecule has 2 nitrogen and oxygen atoms in total. The van der Waals surface area contributed by atoms with Crippen molar-refractivity contribution in [3.8, 4) is 11.8 Å². The Hall–Kier alpha value is -0.520. The molecule has 1 atom stereocenters. The molecule has 2 heteroatoms. The van der Waals surface area contributed by atoms with Crippen molar-refractivity contribution in [3.05, 3.63) is 0 Å². The lowest BCUT2D eigenvalue weighted by Gasteiger charge is -2.07. The van der Waals surface area contributed by atoms with Gasteiger partial charge in [0.1, 0.15) is 0 Å². The third-order valence-electron chi connectivity index (χ3n) is 1.91. The summed E-state index contributed by atoms with van der Waals surface area (Å²) in [5.74, 6) is 6.25. The highest BCUT2D eigenvalue weighted by atomic mass is 16.3. The molecular formula is C9H15NO. The molecule has 0 amide bonds. The lowest BCUT2D eigenvalue weighted by Crippen LogP contribution is -2.28. The second kappa shape index (κ2) is 4.38. The molecule has 0 heterocycles. The van der Waals surface area contributed by atoms with Crippen molar-refractivity contribution in [1.29, 1.82) is 0 Å². The average Bonchev–Trinajstić information content (AvgIpc) is 2.79. The van der Waals surface area contributed by atoms with Gasteiger partial charge in [0.25, 0.3) is 0 Å². The van der Waals surface area contributed by atoms with E-state index >= 15 is 0 Å². The molecule has 0 saturated heterocycles. The lowest BCUT2D eigenvalue weighted by molar-refractivity contribution is 0.150. The molecule has 0 radical (unpaired) electrons. The van der Waals surface area contributed by atoms with Gasteiger partial charge in [0.15, 0.2) is 0 Å². The van der Waals surface area contributed by atoms with Gasteiger partial charge in [0.05, 0.1) is 12.6 Å². The van der Waals surface area contributed by atoms with Crippen LogP contribution in [0.25, 0.3) is 0 Å². The van der Waals surface area contributed by atoms with Crippen molar-refractivity contribution in [3.63, 3.8) is 0 Å². The van der Waals surface area contributed by atoms with Crippen LogP contribution in [0.3, 0.4) is 0 Å². The van der Waals surface area contributed by atoms with Crippen LogP contribution in [0, 0.1) is 17.8 Å². The molecule has 0 spiro atoms. The topological polar surface area (TPSA) is 32.3 Å². The van der Waals surface area contributed by atoms with Gasteiger partial charge >= 0.3 is 0 Å². The van der Waals surface area contributed by atoms with Gasteiger partial charge in [-0.05, 0) is 25.7 Å². The third-order valence-corrected chi connectivity index (χ3v) is 1.91. The number of aliphatic hydroxyl groups is 1. The van der Waals surface area contributed by atoms with Gasteiger partial charge in [0.2, 0.25) is 0 Å². The van der Waals surface area contributed by atoms with Crippen LogP contribution in [0.15, 0.2) is 0 Å². The smallest absolute Gasteiger partial charge is 0.0693 e. The molecule has 11 heavy (non-hydrogen) atoms. The highest BCUT2D eigenvalue weighted by Gasteiger charge is 2.28. The van der Waals surface area contributed by atoms with E-state index in [0.29, 0.717) is 19.0 Å². The van der Waals surface area contributed by atoms with E-state index in [2.05, 4.69) is 17.2 Å². The number of nitrogens with one attached hydrogen (secondary N) is 1. The molecule has 1 saturated carbocycles. The van der Waals surface area contributed by atoms with Gasteiger partial charge in [-0.25, -0.2) is 0 Å². The highest BCUT2D eigenvalue weighted by molar-refractivity contribution is 4.97. The molecule has 62 valence electrons. The minimum Gasteiger partial charge on any atom is -0.392 e. The fraction of sp³-hybridized carbons (Fsp3) is 0.778. The summed E-state index contributed by atoms with van der Waals surface area (Å²) in [6, 6.07) is 0. The molecule has 1 aliphatic rings. The fourth-order valence-corrected chi connectivity index (χ4v) is 1.02. The zero-order chi connectivity index (χ0) is 8.10. The van der Waals surface area contributed by atoms with E-state index < -0.39 is 0 Å². The molecule has 1 rings (SSSR count). The predicted octanol–water partition coefficient (Wildman–Crippen LogP) is 0.370. The molecule has 1 fully saturated rings. The van der Waals surface area contributed by atoms with Crippen LogP contribution in [-0.4, -0.2) is 24.3 Å². The summed E-state index contributed by atoms with van der Waals surface area (Å²) in [7, 11) is 0. The Bertz CT molecular complexity index is 164. The first-order valence-electron chi connectivity index (χ1n) is 4.13. The molecule has 0 aromatic heterocycles. The number of hydrogen-bond donors (Lipinski definition) is 2. The first-order chi connectivity index (χ1) is 5.34. The highest BCUT2D eigenvalue weighted by Crippen LogP contribution is 2.32. The summed E-state index contributed by atoms with van der Waals surface area (Å²) in [6.07, 6.45) is 2.25. The molecule has 0 aromatic rings. The van der Waals surface area contributed by atoms with E-state index in [1.165, 1.54) is 12.8 Å². The maximum absolute atomic E-state index is 9.38. The average molecular weight is 153 g/mol. The summed E-state index contributed by atoms with van der Waals surface area (Å²) in [6.45, 7) is 3.21. The second-order valence-electron chi connectivity index (χ2n) is 2.96. The maximum Gasteiger partial charge on any atom is 0.0693 e. The normalized spacial score (nSPS) is 18.7. The van der Waals surface area contributed by atoms with Gasteiger partial charge < -0.3 is 10.4 Å². The zero-order valence-electron chi connectivity index (χ0n) is 6.93. The first kappa shape index (κ1) is 8.58. The fourth-order valence-electron chi connectivity index (χ4n) is 1.02. The molecule has 0 bridgehead atoms. The summed E-state index contributed by atoms with van der Waals surface area (Å²) < 4.78 is 0. The summed E-state index contributed by atoms with van der Waals surface area (Å²) in [5, 5.41) is 12.5. The summed E-state index contributed by atoms with van der Waals surface area (Å²) >= 11 is 0. The van der Waals surface area contributed by atoms with E-state index in [0.717, 1.165) is 0 Å². The standard InChI is InChI=1S/C9H15NO/c1-2-3-6-10-7-9(11)8-4-5-8/h8-11H,4-7H2,1H3. The third kappa shape index (κ3) is 3.41. The Morgan fingerprint density at radius 1 is 1.64 bits per heavy atom. The largest absolute Gasteiger partial charge is 0.392 e. The SMILES string of the molecule is CC#CCNCC(O)C1CC1. The lowest BCUT2D eigenvalue weighted by atomic mass is 10.2. The van der Waals surface area contributed by atoms with Crippen molar-refractivity contribution >= 4 is 0 Å². The molecule has 2 N–H and O–H groups in total. The van der Waals surface area contributed by atoms with Gasteiger partial charge in [-0.2, -0.15) is 0 Å². The minimum atomic E-state index is -0.145. The Morgan fingerprint density at radius 2 is 2.36 bits per heavy atom. The summed E-state index contributed by atoms with van der Waals surface area (Å²) in [5.41, 5.74) is 0. The van der Waals surface area contributed by atoms with Crippen LogP contribution in [0.5, 0.6) is 0 Å². The zero-order valence-corrected chi connectivity index (χ0v) is 6.93. The van der Waals surface area contributed by atoms with E-state index in [4.69, 9.17) is 0 Å². The summed E-state index contributed by atoms with van der Waals surface area (Å²) in [4.78, 5) is 0. The van der Waals surface area contributed by atoms with Crippen molar-refractivity contribution in [2.24, 2.45) is 5.92 Å². The van der Waals surface area contributed by atoms with Crippen LogP contribution in [0.4, 0.5) is 0 Å². The number of aliphatic hydroxyl groups excluding tert-OH is 1. The molecular weight excluding hydrogens is 138 g/mol. The first-order valence-corrected chi connectivity index (χ1v) is 4.13. The van der Waals surface area contributed by atoms with Crippen molar-refractivity contribution in [1.82, 2.24) is 5.32 Å². The Labute approximate surface area is 68.0 Å². The van der Waals surface area contributed by atoms with Gasteiger partial charge in [-0.1, -0.05) is 5.92 Å². The van der Waals surface area contributed by atoms with Crippen molar-refractivity contribution in [2.45, 2.75) is 25.9 Å². The van der Waals surface area contributed by atoms with Crippen molar-refractivity contribution < 1.29 is 5.11 Å². The Morgan fingerprint density at radius 3 is 2.91 bits per heavy atom. The Kier molecular flexibility index (Phi) is 3.41. The van der Waals surface area contributed by atoms with E-state index in [1.54, 1.807) is 0 Å². The Balaban J connectivity index is 1.95. The molecule has 1 unspecified atom stereocenters. The van der Waals surface area contributed by atoms with Crippen LogP contribution in [0.2, 0.25) is 0 Å². The van der Waals surface area contributed by atoms with Crippen LogP contribution >= 0.6 is 0 Å². The molecule has 0 aliphatic heterocycles. The van der Waals surface area contributed by atoms with E-state index in [1.807, 2.05) is 6.92 Å². The minimum absolute atomic E-state index is 0.145. The predicted molar refractivity (Wildman–Crippen MR) is 45.1 cm³/mol. The number of hydrogen-bond acceptors (Lipinski definition) is 2. The second-order valence-corrected chi connectivity index (χ2v) is 2.96. The molecule has 1 aliphatic carbocycles. The maximum atomic E-state index is 9.38. The van der Waals surface area contributed by atoms with Crippen molar-refractivity contribution in [2.75, 3.05) is 13.1 Å².